The van der Waals surface area contributed by atoms with Gasteiger partial charge in [0.05, 0.1) is 68.4 Å². The first-order valence-corrected chi connectivity index (χ1v) is 23.0. The van der Waals surface area contributed by atoms with Gasteiger partial charge in [0.1, 0.15) is 11.5 Å². The first-order chi connectivity index (χ1) is 34.6. The van der Waals surface area contributed by atoms with Gasteiger partial charge in [-0.15, -0.1) is 0 Å². The van der Waals surface area contributed by atoms with Crippen LogP contribution in [0.15, 0.2) is 200 Å². The number of benzene rings is 8. The second-order valence-corrected chi connectivity index (χ2v) is 17.9. The van der Waals surface area contributed by atoms with Crippen LogP contribution in [-0.2, 0) is 5.41 Å². The van der Waals surface area contributed by atoms with Crippen molar-refractivity contribution in [3.05, 3.63) is 240 Å². The molecule has 9 nitrogen and oxygen atoms in total. The number of ether oxygens (including phenoxy) is 2. The molecule has 1 spiro atoms. The summed E-state index contributed by atoms with van der Waals surface area (Å²) in [5.41, 5.74) is 15.0. The zero-order valence-corrected chi connectivity index (χ0v) is 37.0. The third-order valence-corrected chi connectivity index (χ3v) is 14.5. The van der Waals surface area contributed by atoms with Crippen LogP contribution < -0.4 is 14.4 Å². The summed E-state index contributed by atoms with van der Waals surface area (Å²) in [7, 11) is 0. The smallest absolute Gasteiger partial charge is 0.188 e. The monoisotopic (exact) mass is 895 g/mol. The predicted octanol–water partition coefficient (Wildman–Crippen LogP) is 15.1. The van der Waals surface area contributed by atoms with Gasteiger partial charge >= 0.3 is 0 Å². The van der Waals surface area contributed by atoms with E-state index in [4.69, 9.17) is 26.0 Å². The van der Waals surface area contributed by atoms with E-state index in [9.17, 15) is 5.26 Å². The van der Waals surface area contributed by atoms with Crippen LogP contribution in [0.25, 0.3) is 71.2 Å². The molecule has 0 atom stereocenters. The fraction of sp³-hybridized carbons (Fsp3) is 0.0164. The Morgan fingerprint density at radius 2 is 1.01 bits per heavy atom. The van der Waals surface area contributed by atoms with E-state index in [0.717, 1.165) is 123 Å². The molecule has 0 N–H and O–H groups in total. The predicted molar refractivity (Wildman–Crippen MR) is 274 cm³/mol. The number of fused-ring (bicyclic) bond motifs is 17. The molecule has 0 unspecified atom stereocenters. The third-order valence-electron chi connectivity index (χ3n) is 14.5. The minimum atomic E-state index is -0.785. The largest absolute Gasteiger partial charge is 0.457 e. The van der Waals surface area contributed by atoms with E-state index in [1.807, 2.05) is 79.1 Å². The number of anilines is 3. The summed E-state index contributed by atoms with van der Waals surface area (Å²) in [6.45, 7) is 7.76. The van der Waals surface area contributed by atoms with Gasteiger partial charge < -0.3 is 23.5 Å². The Kier molecular flexibility index (Phi) is 7.65. The molecule has 70 heavy (non-hydrogen) atoms. The summed E-state index contributed by atoms with van der Waals surface area (Å²) in [6.07, 6.45) is 3.69. The van der Waals surface area contributed by atoms with Crippen molar-refractivity contribution in [2.75, 3.05) is 4.90 Å². The van der Waals surface area contributed by atoms with Crippen LogP contribution in [0.3, 0.4) is 0 Å². The van der Waals surface area contributed by atoms with E-state index >= 15 is 0 Å². The highest BCUT2D eigenvalue weighted by atomic mass is 16.5. The normalized spacial score (nSPS) is 13.4. The van der Waals surface area contributed by atoms with Crippen LogP contribution in [0.4, 0.5) is 22.7 Å². The summed E-state index contributed by atoms with van der Waals surface area (Å²) in [5.74, 6) is 2.82. The van der Waals surface area contributed by atoms with Gasteiger partial charge in [-0.3, -0.25) is 9.97 Å². The molecule has 6 heterocycles. The van der Waals surface area contributed by atoms with E-state index in [-0.39, 0.29) is 0 Å². The average Bonchev–Trinajstić information content (AvgIpc) is 4.03. The maximum Gasteiger partial charge on any atom is 0.188 e. The van der Waals surface area contributed by atoms with Crippen LogP contribution >= 0.6 is 0 Å². The molecule has 2 aliphatic heterocycles. The molecule has 324 valence electrons. The van der Waals surface area contributed by atoms with E-state index in [2.05, 4.69) is 140 Å². The second kappa shape index (κ2) is 14.0. The highest BCUT2D eigenvalue weighted by Crippen LogP contribution is 2.62. The average molecular weight is 896 g/mol. The van der Waals surface area contributed by atoms with Gasteiger partial charge in [0.2, 0.25) is 0 Å². The van der Waals surface area contributed by atoms with Crippen molar-refractivity contribution in [1.29, 1.82) is 5.26 Å². The summed E-state index contributed by atoms with van der Waals surface area (Å²) in [5, 5.41) is 14.1. The maximum atomic E-state index is 9.76. The first kappa shape index (κ1) is 38.2. The van der Waals surface area contributed by atoms with Crippen molar-refractivity contribution >= 4 is 66.4 Å². The molecule has 15 rings (SSSR count). The van der Waals surface area contributed by atoms with Crippen LogP contribution in [0.1, 0.15) is 27.8 Å². The van der Waals surface area contributed by atoms with Crippen molar-refractivity contribution < 1.29 is 9.47 Å². The van der Waals surface area contributed by atoms with Gasteiger partial charge in [0.25, 0.3) is 0 Å². The zero-order valence-electron chi connectivity index (χ0n) is 37.0. The lowest BCUT2D eigenvalue weighted by Crippen LogP contribution is -2.32. The topological polar surface area (TPSA) is 85.5 Å². The van der Waals surface area contributed by atoms with Crippen molar-refractivity contribution in [3.63, 3.8) is 0 Å². The Hall–Kier alpha value is -9.96. The molecule has 8 aromatic carbocycles. The Morgan fingerprint density at radius 3 is 1.67 bits per heavy atom. The van der Waals surface area contributed by atoms with Crippen LogP contribution in [-0.4, -0.2) is 19.1 Å². The third kappa shape index (κ3) is 5.02. The van der Waals surface area contributed by atoms with Gasteiger partial charge in [-0.25, -0.2) is 4.85 Å². The highest BCUT2D eigenvalue weighted by molar-refractivity contribution is 6.12. The number of nitriles is 1. The molecule has 0 saturated heterocycles. The van der Waals surface area contributed by atoms with Gasteiger partial charge in [-0.1, -0.05) is 78.9 Å². The Balaban J connectivity index is 0.944. The number of hydrogen-bond acceptors (Lipinski definition) is 6. The summed E-state index contributed by atoms with van der Waals surface area (Å²) in [4.78, 5) is 15.9. The molecule has 0 bridgehead atoms. The van der Waals surface area contributed by atoms with Gasteiger partial charge in [0.15, 0.2) is 17.2 Å². The van der Waals surface area contributed by atoms with Crippen molar-refractivity contribution in [2.45, 2.75) is 5.41 Å². The lowest BCUT2D eigenvalue weighted by molar-refractivity contribution is 0.436. The number of aromatic nitrogens is 4. The number of hydrogen-bond donors (Lipinski definition) is 0. The van der Waals surface area contributed by atoms with Gasteiger partial charge in [0, 0.05) is 74.9 Å². The minimum absolute atomic E-state index is 0.537. The summed E-state index contributed by atoms with van der Waals surface area (Å²) >= 11 is 0. The Morgan fingerprint density at radius 1 is 0.457 bits per heavy atom. The lowest BCUT2D eigenvalue weighted by atomic mass is 9.66. The Bertz CT molecular complexity index is 4330. The maximum absolute atomic E-state index is 9.76. The number of para-hydroxylation sites is 4. The molecular weight excluding hydrogens is 863 g/mol. The fourth-order valence-electron chi connectivity index (χ4n) is 11.7. The summed E-state index contributed by atoms with van der Waals surface area (Å²) < 4.78 is 18.3. The second-order valence-electron chi connectivity index (χ2n) is 17.9. The van der Waals surface area contributed by atoms with Crippen LogP contribution in [0.2, 0.25) is 0 Å². The lowest BCUT2D eigenvalue weighted by Gasteiger charge is -2.39. The number of nitrogens with zero attached hydrogens (tertiary/aromatic N) is 7. The van der Waals surface area contributed by atoms with E-state index < -0.39 is 5.41 Å². The van der Waals surface area contributed by atoms with Gasteiger partial charge in [-0.2, -0.15) is 5.26 Å². The molecule has 9 heteroatoms. The molecule has 3 aliphatic rings. The molecule has 0 radical (unpaired) electrons. The quantitative estimate of drug-likeness (QED) is 0.164. The number of rotatable bonds is 3. The highest BCUT2D eigenvalue weighted by Gasteiger charge is 2.52. The molecule has 0 fully saturated rings. The molecule has 12 aromatic rings. The van der Waals surface area contributed by atoms with Crippen LogP contribution in [0, 0.1) is 17.9 Å². The first-order valence-electron chi connectivity index (χ1n) is 23.0. The molecule has 0 amide bonds. The molecular formula is C61H33N7O2. The summed E-state index contributed by atoms with van der Waals surface area (Å²) in [6, 6.07) is 66.9. The molecule has 0 saturated carbocycles. The molecule has 4 aromatic heterocycles. The SMILES string of the molecule is [C-]#[N+]c1ccc2c(c1)c1ccccc1n2-c1ccc2c(c1)Oc1cc(-n3c4ccccc4c4cc(N5c6ccccc6Oc6cc(C#N)ccc65)ccc43)ccc1C21c2cccnc2-c2ncccc21. The van der Waals surface area contributed by atoms with E-state index in [1.165, 1.54) is 0 Å². The minimum Gasteiger partial charge on any atom is -0.457 e. The van der Waals surface area contributed by atoms with Crippen LogP contribution in [0.5, 0.6) is 23.0 Å². The van der Waals surface area contributed by atoms with Crippen molar-refractivity contribution in [3.8, 4) is 51.8 Å². The standard InChI is InChI=1S/C61H33N7O2/c1-63-37-19-26-51-43(31-37)41-10-2-4-14-49(41)66(51)39-20-23-45-56(33-39)70-57-34-40(21-24-46(57)61(45)47-12-8-28-64-59(47)60-48(61)13-9-29-65-60)67-50-15-5-3-11-42(50)44-32-38(22-27-52(44)67)68-53-16-6-7-17-55(53)69-58-30-36(35-62)18-25-54(58)68/h2-34H. The van der Waals surface area contributed by atoms with Crippen molar-refractivity contribution in [2.24, 2.45) is 0 Å². The zero-order chi connectivity index (χ0) is 46.2. The Labute approximate surface area is 400 Å². The number of pyridine rings is 2. The fourth-order valence-corrected chi connectivity index (χ4v) is 11.7. The van der Waals surface area contributed by atoms with E-state index in [1.54, 1.807) is 6.07 Å². The van der Waals surface area contributed by atoms with Crippen molar-refractivity contribution in [1.82, 2.24) is 19.1 Å². The van der Waals surface area contributed by atoms with Gasteiger partial charge in [-0.05, 0) is 108 Å². The van der Waals surface area contributed by atoms with E-state index in [0.29, 0.717) is 17.0 Å². The molecule has 1 aliphatic carbocycles.